The van der Waals surface area contributed by atoms with E-state index in [1.165, 1.54) is 5.56 Å². The summed E-state index contributed by atoms with van der Waals surface area (Å²) in [6, 6.07) is 8.02. The van der Waals surface area contributed by atoms with Gasteiger partial charge in [0.25, 0.3) is 0 Å². The Morgan fingerprint density at radius 2 is 1.95 bits per heavy atom. The van der Waals surface area contributed by atoms with Crippen molar-refractivity contribution in [2.45, 2.75) is 25.3 Å². The van der Waals surface area contributed by atoms with E-state index in [-0.39, 0.29) is 12.5 Å². The Kier molecular flexibility index (Phi) is 6.17. The molecule has 0 aliphatic carbocycles. The molecule has 116 valence electrons. The maximum Gasteiger partial charge on any atom is 0.303 e. The van der Waals surface area contributed by atoms with Gasteiger partial charge in [0.1, 0.15) is 0 Å². The first-order valence-corrected chi connectivity index (χ1v) is 7.51. The summed E-state index contributed by atoms with van der Waals surface area (Å²) in [5.74, 6) is -0.799. The summed E-state index contributed by atoms with van der Waals surface area (Å²) < 4.78 is 5.34. The van der Waals surface area contributed by atoms with Gasteiger partial charge in [-0.3, -0.25) is 9.69 Å². The van der Waals surface area contributed by atoms with Gasteiger partial charge in [-0.15, -0.1) is 0 Å². The third-order valence-electron chi connectivity index (χ3n) is 3.90. The molecule has 1 atom stereocenters. The molecular weight excluding hydrogens is 268 g/mol. The van der Waals surface area contributed by atoms with E-state index in [1.54, 1.807) is 0 Å². The molecule has 1 heterocycles. The number of hydrogen-bond acceptors (Lipinski definition) is 4. The van der Waals surface area contributed by atoms with Gasteiger partial charge in [0.15, 0.2) is 0 Å². The molecule has 1 aliphatic heterocycles. The first-order valence-electron chi connectivity index (χ1n) is 7.51. The molecule has 1 unspecified atom stereocenters. The maximum absolute atomic E-state index is 10.6. The number of carboxylic acids is 1. The number of nitrogens with zero attached hydrogens (tertiary/aromatic N) is 1. The molecule has 21 heavy (non-hydrogen) atoms. The predicted octanol–water partition coefficient (Wildman–Crippen LogP) is 1.43. The first-order chi connectivity index (χ1) is 10.1. The van der Waals surface area contributed by atoms with Gasteiger partial charge in [-0.05, 0) is 24.0 Å². The average Bonchev–Trinajstić information content (AvgIpc) is 2.52. The second kappa shape index (κ2) is 8.12. The predicted molar refractivity (Wildman–Crippen MR) is 81.2 cm³/mol. The standard InChI is InChI=1S/C16H24N2O3/c17-15(5-6-16(19)20)14-3-1-13(2-4-14)7-8-18-9-11-21-12-10-18/h1-4,15H,5-12,17H2,(H,19,20). The lowest BCUT2D eigenvalue weighted by Crippen LogP contribution is -2.37. The number of morpholine rings is 1. The van der Waals surface area contributed by atoms with Crippen LogP contribution in [-0.4, -0.2) is 48.8 Å². The third-order valence-corrected chi connectivity index (χ3v) is 3.90. The summed E-state index contributed by atoms with van der Waals surface area (Å²) in [6.07, 6.45) is 1.60. The Balaban J connectivity index is 1.79. The van der Waals surface area contributed by atoms with Gasteiger partial charge >= 0.3 is 5.97 Å². The SMILES string of the molecule is NC(CCC(=O)O)c1ccc(CCN2CCOCC2)cc1. The molecule has 1 aromatic rings. The van der Waals surface area contributed by atoms with Gasteiger partial charge in [-0.1, -0.05) is 24.3 Å². The van der Waals surface area contributed by atoms with Crippen molar-refractivity contribution in [1.29, 1.82) is 0 Å². The fraction of sp³-hybridized carbons (Fsp3) is 0.562. The highest BCUT2D eigenvalue weighted by Gasteiger charge is 2.11. The normalized spacial score (nSPS) is 17.6. The van der Waals surface area contributed by atoms with Crippen molar-refractivity contribution in [1.82, 2.24) is 4.90 Å². The highest BCUT2D eigenvalue weighted by atomic mass is 16.5. The molecule has 0 radical (unpaired) electrons. The molecule has 0 spiro atoms. The van der Waals surface area contributed by atoms with Crippen molar-refractivity contribution in [2.75, 3.05) is 32.8 Å². The van der Waals surface area contributed by atoms with Crippen LogP contribution in [0.4, 0.5) is 0 Å². The van der Waals surface area contributed by atoms with Gasteiger partial charge in [0.05, 0.1) is 13.2 Å². The van der Waals surface area contributed by atoms with Gasteiger partial charge in [-0.2, -0.15) is 0 Å². The Hall–Kier alpha value is -1.43. The fourth-order valence-electron chi connectivity index (χ4n) is 2.49. The van der Waals surface area contributed by atoms with Crippen LogP contribution >= 0.6 is 0 Å². The molecule has 0 amide bonds. The number of nitrogens with two attached hydrogens (primary N) is 1. The van der Waals surface area contributed by atoms with Crippen LogP contribution in [0.3, 0.4) is 0 Å². The number of rotatable bonds is 7. The summed E-state index contributed by atoms with van der Waals surface area (Å²) in [7, 11) is 0. The van der Waals surface area contributed by atoms with Crippen molar-refractivity contribution in [3.8, 4) is 0 Å². The molecule has 1 fully saturated rings. The Morgan fingerprint density at radius 1 is 1.29 bits per heavy atom. The Labute approximate surface area is 125 Å². The molecule has 0 aromatic heterocycles. The van der Waals surface area contributed by atoms with Crippen LogP contribution in [0.1, 0.15) is 30.0 Å². The maximum atomic E-state index is 10.6. The van der Waals surface area contributed by atoms with Crippen LogP contribution < -0.4 is 5.73 Å². The lowest BCUT2D eigenvalue weighted by molar-refractivity contribution is -0.137. The average molecular weight is 292 g/mol. The molecular formula is C16H24N2O3. The molecule has 1 aromatic carbocycles. The van der Waals surface area contributed by atoms with Crippen LogP contribution in [0.5, 0.6) is 0 Å². The number of benzene rings is 1. The van der Waals surface area contributed by atoms with Crippen LogP contribution in [0, 0.1) is 0 Å². The molecule has 1 saturated heterocycles. The highest BCUT2D eigenvalue weighted by molar-refractivity contribution is 5.66. The van der Waals surface area contributed by atoms with E-state index in [0.717, 1.165) is 44.8 Å². The molecule has 2 rings (SSSR count). The molecule has 1 aliphatic rings. The van der Waals surface area contributed by atoms with Gasteiger partial charge in [0.2, 0.25) is 0 Å². The number of ether oxygens (including phenoxy) is 1. The zero-order valence-electron chi connectivity index (χ0n) is 12.3. The van der Waals surface area contributed by atoms with Gasteiger partial charge in [0, 0.05) is 32.1 Å². The van der Waals surface area contributed by atoms with Crippen molar-refractivity contribution in [3.63, 3.8) is 0 Å². The van der Waals surface area contributed by atoms with Crippen LogP contribution in [0.2, 0.25) is 0 Å². The lowest BCUT2D eigenvalue weighted by atomic mass is 10.0. The Morgan fingerprint density at radius 3 is 2.57 bits per heavy atom. The molecule has 0 saturated carbocycles. The number of aliphatic carboxylic acids is 1. The topological polar surface area (TPSA) is 75.8 Å². The summed E-state index contributed by atoms with van der Waals surface area (Å²) in [6.45, 7) is 4.73. The minimum atomic E-state index is -0.799. The van der Waals surface area contributed by atoms with E-state index in [1.807, 2.05) is 12.1 Å². The summed E-state index contributed by atoms with van der Waals surface area (Å²) in [5, 5.41) is 8.68. The van der Waals surface area contributed by atoms with Crippen molar-refractivity contribution in [3.05, 3.63) is 35.4 Å². The van der Waals surface area contributed by atoms with E-state index in [0.29, 0.717) is 6.42 Å². The van der Waals surface area contributed by atoms with Crippen LogP contribution in [-0.2, 0) is 16.0 Å². The number of carbonyl (C=O) groups is 1. The zero-order valence-corrected chi connectivity index (χ0v) is 12.3. The van der Waals surface area contributed by atoms with Crippen LogP contribution in [0.15, 0.2) is 24.3 Å². The molecule has 3 N–H and O–H groups in total. The zero-order chi connectivity index (χ0) is 15.1. The van der Waals surface area contributed by atoms with Gasteiger partial charge in [-0.25, -0.2) is 0 Å². The summed E-state index contributed by atoms with van der Waals surface area (Å²) in [4.78, 5) is 13.0. The second-order valence-electron chi connectivity index (χ2n) is 5.48. The van der Waals surface area contributed by atoms with E-state index >= 15 is 0 Å². The molecule has 5 nitrogen and oxygen atoms in total. The van der Waals surface area contributed by atoms with E-state index < -0.39 is 5.97 Å². The third kappa shape index (κ3) is 5.46. The smallest absolute Gasteiger partial charge is 0.303 e. The van der Waals surface area contributed by atoms with E-state index in [2.05, 4.69) is 17.0 Å². The lowest BCUT2D eigenvalue weighted by Gasteiger charge is -2.26. The van der Waals surface area contributed by atoms with Crippen molar-refractivity contribution >= 4 is 5.97 Å². The van der Waals surface area contributed by atoms with Crippen molar-refractivity contribution in [2.24, 2.45) is 5.73 Å². The monoisotopic (exact) mass is 292 g/mol. The minimum absolute atomic E-state index is 0.111. The Bertz CT molecular complexity index is 441. The molecule has 0 bridgehead atoms. The number of carboxylic acid groups (broad SMARTS) is 1. The van der Waals surface area contributed by atoms with E-state index in [4.69, 9.17) is 15.6 Å². The van der Waals surface area contributed by atoms with Crippen molar-refractivity contribution < 1.29 is 14.6 Å². The fourth-order valence-corrected chi connectivity index (χ4v) is 2.49. The summed E-state index contributed by atoms with van der Waals surface area (Å²) >= 11 is 0. The second-order valence-corrected chi connectivity index (χ2v) is 5.48. The number of hydrogen-bond donors (Lipinski definition) is 2. The van der Waals surface area contributed by atoms with E-state index in [9.17, 15) is 4.79 Å². The highest BCUT2D eigenvalue weighted by Crippen LogP contribution is 2.17. The largest absolute Gasteiger partial charge is 0.481 e. The van der Waals surface area contributed by atoms with Crippen LogP contribution in [0.25, 0.3) is 0 Å². The molecule has 5 heteroatoms. The minimum Gasteiger partial charge on any atom is -0.481 e. The first kappa shape index (κ1) is 15.9. The van der Waals surface area contributed by atoms with Gasteiger partial charge < -0.3 is 15.6 Å². The summed E-state index contributed by atoms with van der Waals surface area (Å²) in [5.41, 5.74) is 8.29. The quantitative estimate of drug-likeness (QED) is 0.795.